The fraction of sp³-hybridized carbons (Fsp3) is 0.643. The minimum atomic E-state index is -4.39. The summed E-state index contributed by atoms with van der Waals surface area (Å²) in [6.07, 6.45) is 1.87. The Labute approximate surface area is 205 Å². The van der Waals surface area contributed by atoms with Crippen LogP contribution in [0.4, 0.5) is 18.9 Å². The van der Waals surface area contributed by atoms with E-state index >= 15 is 0 Å². The summed E-state index contributed by atoms with van der Waals surface area (Å²) in [5, 5.41) is 2.91. The van der Waals surface area contributed by atoms with Crippen molar-refractivity contribution in [2.45, 2.75) is 71.9 Å². The van der Waals surface area contributed by atoms with Crippen molar-refractivity contribution >= 4 is 17.5 Å². The first-order valence-electron chi connectivity index (χ1n) is 12.8. The topological polar surface area (TPSA) is 49.4 Å². The van der Waals surface area contributed by atoms with E-state index in [4.69, 9.17) is 0 Å². The number of carbonyl (C=O) groups excluding carboxylic acids is 2. The van der Waals surface area contributed by atoms with Gasteiger partial charge in [0.2, 0.25) is 11.8 Å². The highest BCUT2D eigenvalue weighted by Crippen LogP contribution is 2.66. The molecule has 6 atom stereocenters. The first-order valence-corrected chi connectivity index (χ1v) is 12.8. The normalized spacial score (nSPS) is 37.0. The van der Waals surface area contributed by atoms with Crippen LogP contribution in [0.25, 0.3) is 0 Å². The Morgan fingerprint density at radius 3 is 2.40 bits per heavy atom. The van der Waals surface area contributed by atoms with Crippen molar-refractivity contribution in [2.75, 3.05) is 12.4 Å². The van der Waals surface area contributed by atoms with Crippen LogP contribution in [0.2, 0.25) is 0 Å². The maximum absolute atomic E-state index is 13.4. The Hall–Kier alpha value is -2.31. The zero-order valence-corrected chi connectivity index (χ0v) is 21.0. The lowest BCUT2D eigenvalue weighted by atomic mass is 9.48. The number of likely N-dealkylation sites (tertiary alicyclic amines) is 1. The van der Waals surface area contributed by atoms with Gasteiger partial charge in [-0.3, -0.25) is 9.59 Å². The van der Waals surface area contributed by atoms with Gasteiger partial charge in [0.05, 0.1) is 5.56 Å². The maximum atomic E-state index is 13.4. The number of allylic oxidation sites excluding steroid dienone is 2. The molecule has 0 radical (unpaired) electrons. The van der Waals surface area contributed by atoms with Gasteiger partial charge in [-0.05, 0) is 92.9 Å². The minimum absolute atomic E-state index is 0.00242. The van der Waals surface area contributed by atoms with Crippen LogP contribution in [0, 0.1) is 34.5 Å². The molecular formula is C28H35F3N2O2. The molecule has 2 saturated carbocycles. The molecule has 190 valence electrons. The first-order chi connectivity index (χ1) is 16.4. The van der Waals surface area contributed by atoms with Crippen LogP contribution in [0.3, 0.4) is 0 Å². The number of nitrogens with one attached hydrogen (secondary N) is 1. The standard InChI is InChI=1S/C28H35F3N2O2/c1-16-15-19-20-9-10-22(25(35)32-18-7-5-17(6-8-18)28(29,30)31)26(20,2)13-11-21(19)27(3)14-12-23(34)33(4)24(16)27/h5-8,19-22H,9-15H2,1-4H3,(H,32,35)/t19?,20-,21?,22+,26-,27+/m0/s1. The van der Waals surface area contributed by atoms with Gasteiger partial charge in [-0.1, -0.05) is 19.4 Å². The van der Waals surface area contributed by atoms with Crippen molar-refractivity contribution in [1.29, 1.82) is 0 Å². The van der Waals surface area contributed by atoms with Crippen LogP contribution in [0.5, 0.6) is 0 Å². The number of halogens is 3. The maximum Gasteiger partial charge on any atom is 0.416 e. The summed E-state index contributed by atoms with van der Waals surface area (Å²) in [6, 6.07) is 4.71. The van der Waals surface area contributed by atoms with Gasteiger partial charge >= 0.3 is 6.18 Å². The average molecular weight is 489 g/mol. The number of rotatable bonds is 2. The Kier molecular flexibility index (Phi) is 5.65. The van der Waals surface area contributed by atoms with Crippen molar-refractivity contribution in [3.05, 3.63) is 41.1 Å². The highest BCUT2D eigenvalue weighted by molar-refractivity contribution is 5.93. The summed E-state index contributed by atoms with van der Waals surface area (Å²) >= 11 is 0. The summed E-state index contributed by atoms with van der Waals surface area (Å²) in [5.74, 6) is 1.41. The molecule has 2 amide bonds. The van der Waals surface area contributed by atoms with Gasteiger partial charge in [0.15, 0.2) is 0 Å². The van der Waals surface area contributed by atoms with E-state index in [0.717, 1.165) is 50.7 Å². The number of fused-ring (bicyclic) bond motifs is 5. The second-order valence-corrected chi connectivity index (χ2v) is 11.8. The Balaban J connectivity index is 1.36. The molecule has 3 aliphatic carbocycles. The van der Waals surface area contributed by atoms with Gasteiger partial charge in [0, 0.05) is 36.2 Å². The summed E-state index contributed by atoms with van der Waals surface area (Å²) in [5.41, 5.74) is 2.11. The number of carbonyl (C=O) groups is 2. The van der Waals surface area contributed by atoms with Crippen LogP contribution in [-0.2, 0) is 15.8 Å². The van der Waals surface area contributed by atoms with E-state index in [9.17, 15) is 22.8 Å². The molecule has 7 heteroatoms. The van der Waals surface area contributed by atoms with Gasteiger partial charge in [-0.15, -0.1) is 0 Å². The Morgan fingerprint density at radius 1 is 1.06 bits per heavy atom. The van der Waals surface area contributed by atoms with Crippen molar-refractivity contribution in [1.82, 2.24) is 4.90 Å². The zero-order chi connectivity index (χ0) is 25.3. The fourth-order valence-electron chi connectivity index (χ4n) is 8.51. The van der Waals surface area contributed by atoms with Crippen LogP contribution < -0.4 is 5.32 Å². The lowest BCUT2D eigenvalue weighted by Crippen LogP contribution is -2.54. The van der Waals surface area contributed by atoms with Gasteiger partial charge in [0.1, 0.15) is 0 Å². The van der Waals surface area contributed by atoms with E-state index in [1.54, 1.807) is 0 Å². The van der Waals surface area contributed by atoms with Crippen LogP contribution in [-0.4, -0.2) is 23.8 Å². The van der Waals surface area contributed by atoms with E-state index in [1.165, 1.54) is 23.4 Å². The number of anilines is 1. The number of hydrogen-bond acceptors (Lipinski definition) is 2. The molecule has 3 fully saturated rings. The highest BCUT2D eigenvalue weighted by atomic mass is 19.4. The SMILES string of the molecule is CC1=C2N(C)C(=O)CC[C@]2(C)C2CC[C@]3(C)[C@@H](C(=O)Nc4ccc(C(F)(F)F)cc4)CC[C@H]3C2C1. The van der Waals surface area contributed by atoms with Crippen LogP contribution >= 0.6 is 0 Å². The Bertz CT molecular complexity index is 1080. The summed E-state index contributed by atoms with van der Waals surface area (Å²) in [7, 11) is 1.92. The molecular weight excluding hydrogens is 453 g/mol. The second-order valence-electron chi connectivity index (χ2n) is 11.8. The monoisotopic (exact) mass is 488 g/mol. The molecule has 1 N–H and O–H groups in total. The molecule has 1 aromatic carbocycles. The third-order valence-electron chi connectivity index (χ3n) is 10.1. The van der Waals surface area contributed by atoms with Crippen LogP contribution in [0.15, 0.2) is 35.5 Å². The minimum Gasteiger partial charge on any atom is -0.326 e. The number of alkyl halides is 3. The second kappa shape index (κ2) is 8.10. The average Bonchev–Trinajstić information content (AvgIpc) is 3.14. The van der Waals surface area contributed by atoms with Gasteiger partial charge in [-0.2, -0.15) is 13.2 Å². The van der Waals surface area contributed by atoms with Gasteiger partial charge < -0.3 is 10.2 Å². The molecule has 0 bridgehead atoms. The van der Waals surface area contributed by atoms with Crippen molar-refractivity contribution in [3.63, 3.8) is 0 Å². The van der Waals surface area contributed by atoms with Gasteiger partial charge in [-0.25, -0.2) is 0 Å². The van der Waals surface area contributed by atoms with E-state index in [-0.39, 0.29) is 28.6 Å². The highest BCUT2D eigenvalue weighted by Gasteiger charge is 2.61. The van der Waals surface area contributed by atoms with E-state index in [1.807, 2.05) is 11.9 Å². The largest absolute Gasteiger partial charge is 0.416 e. The number of piperidine rings is 1. The molecule has 1 aromatic rings. The molecule has 4 aliphatic rings. The van der Waals surface area contributed by atoms with E-state index < -0.39 is 11.7 Å². The van der Waals surface area contributed by atoms with Crippen molar-refractivity contribution < 1.29 is 22.8 Å². The molecule has 35 heavy (non-hydrogen) atoms. The molecule has 0 spiro atoms. The first kappa shape index (κ1) is 24.4. The smallest absolute Gasteiger partial charge is 0.326 e. The summed E-state index contributed by atoms with van der Waals surface area (Å²) in [4.78, 5) is 27.7. The predicted molar refractivity (Wildman–Crippen MR) is 128 cm³/mol. The molecule has 0 aromatic heterocycles. The van der Waals surface area contributed by atoms with Crippen LogP contribution in [0.1, 0.15) is 71.3 Å². The number of amides is 2. The third kappa shape index (κ3) is 3.72. The quantitative estimate of drug-likeness (QED) is 0.507. The molecule has 4 nitrogen and oxygen atoms in total. The van der Waals surface area contributed by atoms with E-state index in [2.05, 4.69) is 26.1 Å². The number of benzene rings is 1. The van der Waals surface area contributed by atoms with Gasteiger partial charge in [0.25, 0.3) is 0 Å². The molecule has 1 saturated heterocycles. The third-order valence-corrected chi connectivity index (χ3v) is 10.1. The summed E-state index contributed by atoms with van der Waals surface area (Å²) < 4.78 is 38.7. The zero-order valence-electron chi connectivity index (χ0n) is 21.0. The van der Waals surface area contributed by atoms with Crippen molar-refractivity contribution in [3.8, 4) is 0 Å². The number of nitrogens with zero attached hydrogens (tertiary/aromatic N) is 1. The fourth-order valence-corrected chi connectivity index (χ4v) is 8.51. The Morgan fingerprint density at radius 2 is 1.74 bits per heavy atom. The molecule has 5 rings (SSSR count). The molecule has 2 unspecified atom stereocenters. The molecule has 1 heterocycles. The lowest BCUT2D eigenvalue weighted by molar-refractivity contribution is -0.138. The number of hydrogen-bond donors (Lipinski definition) is 1. The predicted octanol–water partition coefficient (Wildman–Crippen LogP) is 6.64. The van der Waals surface area contributed by atoms with Crippen molar-refractivity contribution in [2.24, 2.45) is 34.5 Å². The summed E-state index contributed by atoms with van der Waals surface area (Å²) in [6.45, 7) is 6.78. The lowest BCUT2D eigenvalue weighted by Gasteiger charge is -2.59. The van der Waals surface area contributed by atoms with E-state index in [0.29, 0.717) is 29.9 Å². The molecule has 1 aliphatic heterocycles.